The van der Waals surface area contributed by atoms with Crippen LogP contribution in [0.4, 0.5) is 0 Å². The first kappa shape index (κ1) is 8.96. The van der Waals surface area contributed by atoms with Crippen LogP contribution in [-0.2, 0) is 6.54 Å². The predicted octanol–water partition coefficient (Wildman–Crippen LogP) is 3.14. The van der Waals surface area contributed by atoms with Crippen molar-refractivity contribution in [2.75, 3.05) is 0 Å². The molecule has 1 aliphatic carbocycles. The molecule has 1 heterocycles. The SMILES string of the molecule is Cc1nc2ccccc2n1CC1CCC1. The molecule has 1 aromatic heterocycles. The van der Waals surface area contributed by atoms with Crippen LogP contribution in [0.2, 0.25) is 0 Å². The minimum Gasteiger partial charge on any atom is -0.328 e. The van der Waals surface area contributed by atoms with E-state index in [0.717, 1.165) is 23.8 Å². The van der Waals surface area contributed by atoms with Crippen LogP contribution in [0.15, 0.2) is 24.3 Å². The molecule has 1 fully saturated rings. The lowest BCUT2D eigenvalue weighted by molar-refractivity contribution is 0.277. The molecule has 0 unspecified atom stereocenters. The lowest BCUT2D eigenvalue weighted by Gasteiger charge is -2.26. The van der Waals surface area contributed by atoms with E-state index < -0.39 is 0 Å². The third-order valence-corrected chi connectivity index (χ3v) is 3.51. The topological polar surface area (TPSA) is 17.8 Å². The van der Waals surface area contributed by atoms with Crippen LogP contribution in [0.25, 0.3) is 11.0 Å². The maximum atomic E-state index is 4.59. The summed E-state index contributed by atoms with van der Waals surface area (Å²) >= 11 is 0. The van der Waals surface area contributed by atoms with E-state index in [4.69, 9.17) is 0 Å². The second-order valence-corrected chi connectivity index (χ2v) is 4.56. The van der Waals surface area contributed by atoms with Crippen LogP contribution < -0.4 is 0 Å². The summed E-state index contributed by atoms with van der Waals surface area (Å²) < 4.78 is 2.37. The number of imidazole rings is 1. The van der Waals surface area contributed by atoms with Crippen LogP contribution in [0.1, 0.15) is 25.1 Å². The lowest BCUT2D eigenvalue weighted by atomic mass is 9.85. The van der Waals surface area contributed by atoms with E-state index in [9.17, 15) is 0 Å². The Balaban J connectivity index is 2.03. The minimum atomic E-state index is 0.890. The zero-order chi connectivity index (χ0) is 10.3. The van der Waals surface area contributed by atoms with Crippen LogP contribution in [0.3, 0.4) is 0 Å². The molecule has 2 heteroatoms. The molecule has 0 aliphatic heterocycles. The van der Waals surface area contributed by atoms with Crippen molar-refractivity contribution in [3.63, 3.8) is 0 Å². The van der Waals surface area contributed by atoms with Gasteiger partial charge in [-0.05, 0) is 37.8 Å². The second kappa shape index (κ2) is 3.37. The molecule has 1 saturated carbocycles. The number of benzene rings is 1. The van der Waals surface area contributed by atoms with E-state index in [2.05, 4.69) is 40.7 Å². The molecular weight excluding hydrogens is 184 g/mol. The first-order chi connectivity index (χ1) is 7.34. The average molecular weight is 200 g/mol. The van der Waals surface area contributed by atoms with Crippen molar-refractivity contribution in [3.8, 4) is 0 Å². The largest absolute Gasteiger partial charge is 0.328 e. The number of aromatic nitrogens is 2. The first-order valence-electron chi connectivity index (χ1n) is 5.76. The molecule has 1 aliphatic rings. The second-order valence-electron chi connectivity index (χ2n) is 4.56. The van der Waals surface area contributed by atoms with E-state index in [-0.39, 0.29) is 0 Å². The summed E-state index contributed by atoms with van der Waals surface area (Å²) in [7, 11) is 0. The maximum Gasteiger partial charge on any atom is 0.106 e. The average Bonchev–Trinajstić information content (AvgIpc) is 2.48. The van der Waals surface area contributed by atoms with E-state index in [1.165, 1.54) is 24.8 Å². The first-order valence-corrected chi connectivity index (χ1v) is 5.76. The zero-order valence-electron chi connectivity index (χ0n) is 9.11. The van der Waals surface area contributed by atoms with Crippen molar-refractivity contribution in [1.82, 2.24) is 9.55 Å². The minimum absolute atomic E-state index is 0.890. The fourth-order valence-electron chi connectivity index (χ4n) is 2.36. The summed E-state index contributed by atoms with van der Waals surface area (Å²) in [5, 5.41) is 0. The molecule has 2 aromatic rings. The van der Waals surface area contributed by atoms with Crippen molar-refractivity contribution in [1.29, 1.82) is 0 Å². The summed E-state index contributed by atoms with van der Waals surface area (Å²) in [5.41, 5.74) is 2.43. The maximum absolute atomic E-state index is 4.59. The van der Waals surface area contributed by atoms with Gasteiger partial charge in [-0.3, -0.25) is 0 Å². The third-order valence-electron chi connectivity index (χ3n) is 3.51. The zero-order valence-corrected chi connectivity index (χ0v) is 9.11. The van der Waals surface area contributed by atoms with Crippen LogP contribution in [0, 0.1) is 12.8 Å². The molecule has 1 aromatic carbocycles. The van der Waals surface area contributed by atoms with Gasteiger partial charge in [-0.2, -0.15) is 0 Å². The van der Waals surface area contributed by atoms with Gasteiger partial charge in [-0.15, -0.1) is 0 Å². The number of para-hydroxylation sites is 2. The Morgan fingerprint density at radius 1 is 1.33 bits per heavy atom. The van der Waals surface area contributed by atoms with E-state index in [1.807, 2.05) is 0 Å². The molecule has 3 rings (SSSR count). The number of fused-ring (bicyclic) bond motifs is 1. The standard InChI is InChI=1S/C13H16N2/c1-10-14-12-7-2-3-8-13(12)15(10)9-11-5-4-6-11/h2-3,7-8,11H,4-6,9H2,1H3. The molecule has 0 atom stereocenters. The van der Waals surface area contributed by atoms with Gasteiger partial charge in [-0.1, -0.05) is 18.6 Å². The molecular formula is C13H16N2. The highest BCUT2D eigenvalue weighted by molar-refractivity contribution is 5.75. The van der Waals surface area contributed by atoms with Crippen molar-refractivity contribution in [3.05, 3.63) is 30.1 Å². The summed E-state index contributed by atoms with van der Waals surface area (Å²) in [6, 6.07) is 8.43. The molecule has 0 saturated heterocycles. The molecule has 0 radical (unpaired) electrons. The van der Waals surface area contributed by atoms with Crippen LogP contribution in [0.5, 0.6) is 0 Å². The third kappa shape index (κ3) is 1.44. The normalized spacial score (nSPS) is 16.9. The molecule has 2 nitrogen and oxygen atoms in total. The number of rotatable bonds is 2. The van der Waals surface area contributed by atoms with Crippen LogP contribution >= 0.6 is 0 Å². The van der Waals surface area contributed by atoms with E-state index >= 15 is 0 Å². The summed E-state index contributed by atoms with van der Waals surface area (Å²) in [6.07, 6.45) is 4.20. The van der Waals surface area contributed by atoms with Gasteiger partial charge in [0.1, 0.15) is 5.82 Å². The van der Waals surface area contributed by atoms with Gasteiger partial charge in [0, 0.05) is 6.54 Å². The van der Waals surface area contributed by atoms with Gasteiger partial charge in [-0.25, -0.2) is 4.98 Å². The van der Waals surface area contributed by atoms with Crippen molar-refractivity contribution in [2.24, 2.45) is 5.92 Å². The van der Waals surface area contributed by atoms with Crippen molar-refractivity contribution >= 4 is 11.0 Å². The van der Waals surface area contributed by atoms with Gasteiger partial charge < -0.3 is 4.57 Å². The Kier molecular flexibility index (Phi) is 2.01. The predicted molar refractivity (Wildman–Crippen MR) is 61.8 cm³/mol. The summed E-state index contributed by atoms with van der Waals surface area (Å²) in [4.78, 5) is 4.59. The van der Waals surface area contributed by atoms with E-state index in [1.54, 1.807) is 0 Å². The molecule has 78 valence electrons. The van der Waals surface area contributed by atoms with Gasteiger partial charge in [0.2, 0.25) is 0 Å². The van der Waals surface area contributed by atoms with Gasteiger partial charge in [0.05, 0.1) is 11.0 Å². The van der Waals surface area contributed by atoms with Crippen molar-refractivity contribution in [2.45, 2.75) is 32.7 Å². The monoisotopic (exact) mass is 200 g/mol. The van der Waals surface area contributed by atoms with Crippen molar-refractivity contribution < 1.29 is 0 Å². The Bertz CT molecular complexity index is 480. The Morgan fingerprint density at radius 2 is 2.13 bits per heavy atom. The molecule has 0 spiro atoms. The smallest absolute Gasteiger partial charge is 0.106 e. The van der Waals surface area contributed by atoms with E-state index in [0.29, 0.717) is 0 Å². The number of hydrogen-bond acceptors (Lipinski definition) is 1. The highest BCUT2D eigenvalue weighted by atomic mass is 15.1. The number of nitrogens with zero attached hydrogens (tertiary/aromatic N) is 2. The van der Waals surface area contributed by atoms with Crippen LogP contribution in [-0.4, -0.2) is 9.55 Å². The molecule has 0 amide bonds. The molecule has 0 bridgehead atoms. The highest BCUT2D eigenvalue weighted by Gasteiger charge is 2.19. The fraction of sp³-hybridized carbons (Fsp3) is 0.462. The number of hydrogen-bond donors (Lipinski definition) is 0. The quantitative estimate of drug-likeness (QED) is 0.728. The number of aryl methyl sites for hydroxylation is 1. The van der Waals surface area contributed by atoms with Gasteiger partial charge in [0.15, 0.2) is 0 Å². The summed E-state index contributed by atoms with van der Waals surface area (Å²) in [6.45, 7) is 3.27. The summed E-state index contributed by atoms with van der Waals surface area (Å²) in [5.74, 6) is 2.05. The molecule has 0 N–H and O–H groups in total. The highest BCUT2D eigenvalue weighted by Crippen LogP contribution is 2.29. The Morgan fingerprint density at radius 3 is 2.87 bits per heavy atom. The van der Waals surface area contributed by atoms with Gasteiger partial charge in [0.25, 0.3) is 0 Å². The Hall–Kier alpha value is -1.31. The lowest BCUT2D eigenvalue weighted by Crippen LogP contribution is -2.18. The molecule has 15 heavy (non-hydrogen) atoms. The Labute approximate surface area is 89.9 Å². The fourth-order valence-corrected chi connectivity index (χ4v) is 2.36. The van der Waals surface area contributed by atoms with Gasteiger partial charge >= 0.3 is 0 Å².